The molecule has 0 radical (unpaired) electrons. The molecule has 2 heterocycles. The molecule has 0 bridgehead atoms. The van der Waals surface area contributed by atoms with Gasteiger partial charge in [0.1, 0.15) is 11.0 Å². The highest BCUT2D eigenvalue weighted by Gasteiger charge is 2.41. The number of halogens is 2. The topological polar surface area (TPSA) is 30.2 Å². The second kappa shape index (κ2) is 4.78. The predicted octanol–water partition coefficient (Wildman–Crippen LogP) is 4.67. The Morgan fingerprint density at radius 1 is 1.13 bits per heavy atom. The maximum absolute atomic E-state index is 13.1. The fraction of sp³-hybridized carbons (Fsp3) is 0.333. The van der Waals surface area contributed by atoms with Gasteiger partial charge in [0.05, 0.1) is 11.9 Å². The van der Waals surface area contributed by atoms with Gasteiger partial charge in [-0.1, -0.05) is 23.7 Å². The van der Waals surface area contributed by atoms with Gasteiger partial charge < -0.3 is 0 Å². The molecule has 3 nitrogen and oxygen atoms in total. The summed E-state index contributed by atoms with van der Waals surface area (Å²) in [5, 5.41) is 4.85. The number of nitrogens with zero attached hydrogens (tertiary/aromatic N) is 3. The highest BCUT2D eigenvalue weighted by Crippen LogP contribution is 2.55. The van der Waals surface area contributed by atoms with Gasteiger partial charge in [-0.05, 0) is 54.9 Å². The summed E-state index contributed by atoms with van der Waals surface area (Å²) in [6.07, 6.45) is 5.49. The molecular weight excluding hydrogens is 313 g/mol. The minimum Gasteiger partial charge on any atom is -0.231 e. The molecule has 2 aliphatic rings. The van der Waals surface area contributed by atoms with Gasteiger partial charge in [-0.3, -0.25) is 0 Å². The molecule has 5 heteroatoms. The van der Waals surface area contributed by atoms with Crippen molar-refractivity contribution in [3.63, 3.8) is 0 Å². The average Bonchev–Trinajstić information content (AvgIpc) is 3.44. The highest BCUT2D eigenvalue weighted by atomic mass is 35.5. The van der Waals surface area contributed by atoms with E-state index in [0.717, 1.165) is 23.3 Å². The third kappa shape index (κ3) is 2.32. The lowest BCUT2D eigenvalue weighted by Gasteiger charge is -2.04. The monoisotopic (exact) mass is 327 g/mol. The molecule has 23 heavy (non-hydrogen) atoms. The lowest BCUT2D eigenvalue weighted by Crippen LogP contribution is -1.96. The Kier molecular flexibility index (Phi) is 2.80. The zero-order chi connectivity index (χ0) is 15.6. The van der Waals surface area contributed by atoms with Crippen LogP contribution >= 0.6 is 11.6 Å². The number of hydrogen-bond acceptors (Lipinski definition) is 2. The number of fused-ring (bicyclic) bond motifs is 1. The van der Waals surface area contributed by atoms with Gasteiger partial charge in [0.25, 0.3) is 0 Å². The molecule has 2 fully saturated rings. The normalized spacial score (nSPS) is 23.4. The van der Waals surface area contributed by atoms with Crippen LogP contribution in [0.1, 0.15) is 53.8 Å². The van der Waals surface area contributed by atoms with Crippen molar-refractivity contribution in [2.24, 2.45) is 0 Å². The smallest absolute Gasteiger partial charge is 0.157 e. The van der Waals surface area contributed by atoms with Crippen LogP contribution in [0.3, 0.4) is 0 Å². The van der Waals surface area contributed by atoms with E-state index in [0.29, 0.717) is 22.9 Å². The summed E-state index contributed by atoms with van der Waals surface area (Å²) in [5.74, 6) is 1.20. The largest absolute Gasteiger partial charge is 0.231 e. The summed E-state index contributed by atoms with van der Waals surface area (Å²) in [7, 11) is 0. The van der Waals surface area contributed by atoms with E-state index in [1.807, 2.05) is 28.9 Å². The van der Waals surface area contributed by atoms with Gasteiger partial charge >= 0.3 is 0 Å². The molecule has 2 saturated carbocycles. The predicted molar refractivity (Wildman–Crippen MR) is 86.5 cm³/mol. The summed E-state index contributed by atoms with van der Waals surface area (Å²) in [6, 6.07) is 8.75. The van der Waals surface area contributed by atoms with Crippen molar-refractivity contribution in [3.8, 4) is 0 Å². The van der Waals surface area contributed by atoms with Crippen molar-refractivity contribution in [2.75, 3.05) is 0 Å². The SMILES string of the molecule is Fc1ccc([C@@H]2C[C@H]2c2cc(Cl)nn3cc(C4CC4)nc23)cc1. The Labute approximate surface area is 138 Å². The summed E-state index contributed by atoms with van der Waals surface area (Å²) in [4.78, 5) is 4.80. The minimum absolute atomic E-state index is 0.192. The molecule has 1 aromatic carbocycles. The van der Waals surface area contributed by atoms with Crippen LogP contribution in [0, 0.1) is 5.82 Å². The van der Waals surface area contributed by atoms with Crippen LogP contribution in [0.15, 0.2) is 36.5 Å². The molecular formula is C18H15ClFN3. The molecule has 2 atom stereocenters. The number of hydrogen-bond donors (Lipinski definition) is 0. The van der Waals surface area contributed by atoms with Gasteiger partial charge in [-0.15, -0.1) is 0 Å². The summed E-state index contributed by atoms with van der Waals surface area (Å²) >= 11 is 6.21. The standard InChI is InChI=1S/C18H15ClFN3/c19-17-8-15(14-7-13(14)10-3-5-12(20)6-4-10)18-21-16(11-1-2-11)9-23(18)22-17/h3-6,8-9,11,13-14H,1-2,7H2/t13-,14+/m0/s1. The zero-order valence-corrected chi connectivity index (χ0v) is 13.2. The van der Waals surface area contributed by atoms with E-state index in [2.05, 4.69) is 5.10 Å². The van der Waals surface area contributed by atoms with E-state index in [4.69, 9.17) is 16.6 Å². The third-order valence-corrected chi connectivity index (χ3v) is 5.11. The summed E-state index contributed by atoms with van der Waals surface area (Å²) in [5.41, 5.74) is 4.38. The Morgan fingerprint density at radius 3 is 2.65 bits per heavy atom. The first-order valence-electron chi connectivity index (χ1n) is 8.00. The van der Waals surface area contributed by atoms with Crippen molar-refractivity contribution in [3.05, 3.63) is 64.3 Å². The zero-order valence-electron chi connectivity index (χ0n) is 12.4. The maximum atomic E-state index is 13.1. The fourth-order valence-corrected chi connectivity index (χ4v) is 3.65. The highest BCUT2D eigenvalue weighted by molar-refractivity contribution is 6.29. The lowest BCUT2D eigenvalue weighted by molar-refractivity contribution is 0.627. The van der Waals surface area contributed by atoms with Crippen molar-refractivity contribution in [1.29, 1.82) is 0 Å². The Balaban J connectivity index is 1.54. The molecule has 0 N–H and O–H groups in total. The molecule has 3 aromatic rings. The molecule has 2 aromatic heterocycles. The van der Waals surface area contributed by atoms with Gasteiger partial charge in [-0.25, -0.2) is 13.9 Å². The molecule has 116 valence electrons. The molecule has 0 spiro atoms. The van der Waals surface area contributed by atoms with Crippen molar-refractivity contribution < 1.29 is 4.39 Å². The lowest BCUT2D eigenvalue weighted by atomic mass is 10.1. The van der Waals surface area contributed by atoms with Crippen LogP contribution in [0.2, 0.25) is 5.15 Å². The fourth-order valence-electron chi connectivity index (χ4n) is 3.45. The van der Waals surface area contributed by atoms with E-state index in [1.54, 1.807) is 0 Å². The molecule has 0 saturated heterocycles. The van der Waals surface area contributed by atoms with Crippen LogP contribution < -0.4 is 0 Å². The van der Waals surface area contributed by atoms with E-state index >= 15 is 0 Å². The van der Waals surface area contributed by atoms with E-state index in [9.17, 15) is 4.39 Å². The van der Waals surface area contributed by atoms with Crippen LogP contribution in [-0.2, 0) is 0 Å². The van der Waals surface area contributed by atoms with Crippen molar-refractivity contribution in [1.82, 2.24) is 14.6 Å². The Morgan fingerprint density at radius 2 is 1.91 bits per heavy atom. The molecule has 5 rings (SSSR count). The summed E-state index contributed by atoms with van der Waals surface area (Å²) in [6.45, 7) is 0. The maximum Gasteiger partial charge on any atom is 0.157 e. The van der Waals surface area contributed by atoms with Crippen LogP contribution in [0.5, 0.6) is 0 Å². The van der Waals surface area contributed by atoms with E-state index < -0.39 is 0 Å². The van der Waals surface area contributed by atoms with Crippen LogP contribution in [0.4, 0.5) is 4.39 Å². The Bertz CT molecular complexity index is 899. The first-order chi connectivity index (χ1) is 11.2. The minimum atomic E-state index is -0.192. The molecule has 0 amide bonds. The van der Waals surface area contributed by atoms with Gasteiger partial charge in [0.2, 0.25) is 0 Å². The number of imidazole rings is 1. The van der Waals surface area contributed by atoms with Crippen molar-refractivity contribution in [2.45, 2.75) is 37.0 Å². The average molecular weight is 328 g/mol. The Hall–Kier alpha value is -1.94. The molecule has 0 aliphatic heterocycles. The van der Waals surface area contributed by atoms with Gasteiger partial charge in [0, 0.05) is 11.5 Å². The second-order valence-corrected chi connectivity index (χ2v) is 7.02. The third-order valence-electron chi connectivity index (χ3n) is 4.93. The first-order valence-corrected chi connectivity index (χ1v) is 8.38. The molecule has 0 unspecified atom stereocenters. The first kappa shape index (κ1) is 13.5. The van der Waals surface area contributed by atoms with E-state index in [-0.39, 0.29) is 5.82 Å². The quantitative estimate of drug-likeness (QED) is 0.699. The van der Waals surface area contributed by atoms with Crippen LogP contribution in [0.25, 0.3) is 5.65 Å². The number of benzene rings is 1. The van der Waals surface area contributed by atoms with Crippen LogP contribution in [-0.4, -0.2) is 14.6 Å². The summed E-state index contributed by atoms with van der Waals surface area (Å²) < 4.78 is 14.9. The van der Waals surface area contributed by atoms with Gasteiger partial charge in [-0.2, -0.15) is 5.10 Å². The van der Waals surface area contributed by atoms with E-state index in [1.165, 1.54) is 30.5 Å². The molecule has 2 aliphatic carbocycles. The number of rotatable bonds is 3. The van der Waals surface area contributed by atoms with Gasteiger partial charge in [0.15, 0.2) is 5.65 Å². The van der Waals surface area contributed by atoms with Crippen molar-refractivity contribution >= 4 is 17.2 Å². The second-order valence-electron chi connectivity index (χ2n) is 6.63. The number of aromatic nitrogens is 3.